The molecule has 2 rings (SSSR count). The number of methoxy groups -OCH3 is 1. The van der Waals surface area contributed by atoms with E-state index >= 15 is 0 Å². The fraction of sp³-hybridized carbons (Fsp3) is 0.533. The topological polar surface area (TPSA) is 45.1 Å². The highest BCUT2D eigenvalue weighted by Crippen LogP contribution is 2.32. The summed E-state index contributed by atoms with van der Waals surface area (Å²) in [5, 5.41) is 9.97. The summed E-state index contributed by atoms with van der Waals surface area (Å²) in [6.45, 7) is 5.85. The van der Waals surface area contributed by atoms with E-state index in [0.717, 1.165) is 25.9 Å². The van der Waals surface area contributed by atoms with Crippen LogP contribution in [0.25, 0.3) is 0 Å². The Kier molecular flexibility index (Phi) is 4.60. The molecular formula is C15H21FN2O2. The first kappa shape index (κ1) is 14.8. The van der Waals surface area contributed by atoms with Gasteiger partial charge in [-0.2, -0.15) is 0 Å². The lowest BCUT2D eigenvalue weighted by Crippen LogP contribution is -2.28. The lowest BCUT2D eigenvalue weighted by molar-refractivity contribution is 0.275. The van der Waals surface area contributed by atoms with Crippen LogP contribution in [0.15, 0.2) is 17.1 Å². The summed E-state index contributed by atoms with van der Waals surface area (Å²) in [6, 6.07) is 2.53. The molecule has 0 spiro atoms. The number of halogens is 1. The number of likely N-dealkylation sites (tertiary alicyclic amines) is 1. The van der Waals surface area contributed by atoms with Crippen LogP contribution in [0.3, 0.4) is 0 Å². The van der Waals surface area contributed by atoms with Gasteiger partial charge in [0, 0.05) is 12.3 Å². The summed E-state index contributed by atoms with van der Waals surface area (Å²) in [5.41, 5.74) is 0.944. The Morgan fingerprint density at radius 2 is 2.30 bits per heavy atom. The standard InChI is InChI=1S/C15H21FN2O2/c1-4-18-9-5-6-13(18)17-10(2)14-12(19)8-7-11(16)15(14)20-3/h7-8,13,19H,4-6,9H2,1-3H3. The van der Waals surface area contributed by atoms with Crippen molar-refractivity contribution in [2.75, 3.05) is 20.2 Å². The van der Waals surface area contributed by atoms with E-state index in [1.165, 1.54) is 19.2 Å². The van der Waals surface area contributed by atoms with Crippen molar-refractivity contribution < 1.29 is 14.2 Å². The first-order chi connectivity index (χ1) is 9.58. The minimum Gasteiger partial charge on any atom is -0.507 e. The normalized spacial score (nSPS) is 20.4. The second-order valence-electron chi connectivity index (χ2n) is 4.94. The number of rotatable bonds is 4. The van der Waals surface area contributed by atoms with Gasteiger partial charge in [-0.05, 0) is 38.4 Å². The summed E-state index contributed by atoms with van der Waals surface area (Å²) in [6.07, 6.45) is 2.21. The van der Waals surface area contributed by atoms with E-state index in [1.807, 2.05) is 0 Å². The molecule has 1 N–H and O–H groups in total. The maximum atomic E-state index is 13.7. The van der Waals surface area contributed by atoms with Gasteiger partial charge in [-0.1, -0.05) is 6.92 Å². The summed E-state index contributed by atoms with van der Waals surface area (Å²) in [7, 11) is 1.39. The van der Waals surface area contributed by atoms with Gasteiger partial charge in [0.25, 0.3) is 0 Å². The van der Waals surface area contributed by atoms with Crippen LogP contribution < -0.4 is 4.74 Å². The molecule has 5 heteroatoms. The fourth-order valence-electron chi connectivity index (χ4n) is 2.71. The molecule has 0 bridgehead atoms. The molecule has 1 aliphatic heterocycles. The molecule has 0 radical (unpaired) electrons. The quantitative estimate of drug-likeness (QED) is 0.863. The summed E-state index contributed by atoms with van der Waals surface area (Å²) >= 11 is 0. The Bertz CT molecular complexity index is 517. The van der Waals surface area contributed by atoms with E-state index in [4.69, 9.17) is 4.74 Å². The third-order valence-electron chi connectivity index (χ3n) is 3.73. The SMILES string of the molecule is CCN1CCCC1N=C(C)c1c(O)ccc(F)c1OC. The number of hydrogen-bond donors (Lipinski definition) is 1. The largest absolute Gasteiger partial charge is 0.507 e. The molecule has 1 aromatic rings. The minimum atomic E-state index is -0.492. The van der Waals surface area contributed by atoms with Crippen LogP contribution in [0.2, 0.25) is 0 Å². The van der Waals surface area contributed by atoms with E-state index in [2.05, 4.69) is 16.8 Å². The molecule has 0 aromatic heterocycles. The van der Waals surface area contributed by atoms with Crippen LogP contribution in [-0.2, 0) is 0 Å². The molecule has 20 heavy (non-hydrogen) atoms. The third kappa shape index (κ3) is 2.77. The number of aliphatic imine (C=N–C) groups is 1. The smallest absolute Gasteiger partial charge is 0.167 e. The molecule has 4 nitrogen and oxygen atoms in total. The van der Waals surface area contributed by atoms with Gasteiger partial charge in [0.15, 0.2) is 11.6 Å². The molecule has 110 valence electrons. The van der Waals surface area contributed by atoms with E-state index < -0.39 is 5.82 Å². The van der Waals surface area contributed by atoms with Gasteiger partial charge in [0.2, 0.25) is 0 Å². The van der Waals surface area contributed by atoms with Crippen molar-refractivity contribution in [3.05, 3.63) is 23.5 Å². The zero-order chi connectivity index (χ0) is 14.7. The molecule has 1 unspecified atom stereocenters. The predicted molar refractivity (Wildman–Crippen MR) is 77.1 cm³/mol. The zero-order valence-corrected chi connectivity index (χ0v) is 12.2. The number of hydrogen-bond acceptors (Lipinski definition) is 4. The van der Waals surface area contributed by atoms with E-state index in [1.54, 1.807) is 6.92 Å². The molecule has 1 heterocycles. The highest BCUT2D eigenvalue weighted by molar-refractivity contribution is 6.03. The number of phenols is 1. The molecule has 0 amide bonds. The van der Waals surface area contributed by atoms with Crippen molar-refractivity contribution in [3.63, 3.8) is 0 Å². The van der Waals surface area contributed by atoms with E-state index in [9.17, 15) is 9.50 Å². The van der Waals surface area contributed by atoms with Gasteiger partial charge in [0.1, 0.15) is 11.9 Å². The van der Waals surface area contributed by atoms with Crippen LogP contribution in [0.4, 0.5) is 4.39 Å². The number of ether oxygens (including phenoxy) is 1. The van der Waals surface area contributed by atoms with Gasteiger partial charge >= 0.3 is 0 Å². The highest BCUT2D eigenvalue weighted by atomic mass is 19.1. The molecule has 0 saturated carbocycles. The lowest BCUT2D eigenvalue weighted by atomic mass is 10.1. The summed E-state index contributed by atoms with van der Waals surface area (Å²) < 4.78 is 18.8. The monoisotopic (exact) mass is 280 g/mol. The number of aromatic hydroxyl groups is 1. The first-order valence-electron chi connectivity index (χ1n) is 6.92. The zero-order valence-electron chi connectivity index (χ0n) is 12.2. The Hall–Kier alpha value is -1.62. The molecule has 1 atom stereocenters. The van der Waals surface area contributed by atoms with Gasteiger partial charge in [-0.25, -0.2) is 4.39 Å². The molecule has 0 aliphatic carbocycles. The Balaban J connectivity index is 2.38. The predicted octanol–water partition coefficient (Wildman–Crippen LogP) is 2.79. The molecular weight excluding hydrogens is 259 g/mol. The maximum absolute atomic E-state index is 13.7. The molecule has 1 fully saturated rings. The summed E-state index contributed by atoms with van der Waals surface area (Å²) in [5.74, 6) is -0.452. The minimum absolute atomic E-state index is 0.00875. The molecule has 1 aliphatic rings. The van der Waals surface area contributed by atoms with E-state index in [-0.39, 0.29) is 17.7 Å². The van der Waals surface area contributed by atoms with Gasteiger partial charge < -0.3 is 9.84 Å². The van der Waals surface area contributed by atoms with E-state index in [0.29, 0.717) is 11.3 Å². The van der Waals surface area contributed by atoms with Crippen molar-refractivity contribution in [2.45, 2.75) is 32.9 Å². The number of nitrogens with zero attached hydrogens (tertiary/aromatic N) is 2. The Morgan fingerprint density at radius 1 is 1.55 bits per heavy atom. The first-order valence-corrected chi connectivity index (χ1v) is 6.92. The average Bonchev–Trinajstić information content (AvgIpc) is 2.87. The fourth-order valence-corrected chi connectivity index (χ4v) is 2.71. The van der Waals surface area contributed by atoms with Crippen molar-refractivity contribution in [1.29, 1.82) is 0 Å². The van der Waals surface area contributed by atoms with Crippen LogP contribution in [0.1, 0.15) is 32.3 Å². The molecule has 1 saturated heterocycles. The van der Waals surface area contributed by atoms with Crippen LogP contribution in [-0.4, -0.2) is 42.1 Å². The Morgan fingerprint density at radius 3 is 2.95 bits per heavy atom. The second kappa shape index (κ2) is 6.22. The van der Waals surface area contributed by atoms with Crippen LogP contribution >= 0.6 is 0 Å². The van der Waals surface area contributed by atoms with Gasteiger partial charge in [-0.15, -0.1) is 0 Å². The molecule has 1 aromatic carbocycles. The van der Waals surface area contributed by atoms with Crippen molar-refractivity contribution in [2.24, 2.45) is 4.99 Å². The number of phenolic OH excluding ortho intramolecular Hbond substituents is 1. The lowest BCUT2D eigenvalue weighted by Gasteiger charge is -2.20. The van der Waals surface area contributed by atoms with Crippen molar-refractivity contribution >= 4 is 5.71 Å². The average molecular weight is 280 g/mol. The summed E-state index contributed by atoms with van der Waals surface area (Å²) in [4.78, 5) is 6.92. The van der Waals surface area contributed by atoms with Crippen molar-refractivity contribution in [3.8, 4) is 11.5 Å². The third-order valence-corrected chi connectivity index (χ3v) is 3.73. The van der Waals surface area contributed by atoms with Crippen LogP contribution in [0, 0.1) is 5.82 Å². The maximum Gasteiger partial charge on any atom is 0.167 e. The van der Waals surface area contributed by atoms with Crippen molar-refractivity contribution in [1.82, 2.24) is 4.90 Å². The van der Waals surface area contributed by atoms with Gasteiger partial charge in [0.05, 0.1) is 12.7 Å². The second-order valence-corrected chi connectivity index (χ2v) is 4.94. The van der Waals surface area contributed by atoms with Gasteiger partial charge in [-0.3, -0.25) is 9.89 Å². The highest BCUT2D eigenvalue weighted by Gasteiger charge is 2.24. The Labute approximate surface area is 118 Å². The number of benzene rings is 1. The van der Waals surface area contributed by atoms with Crippen LogP contribution in [0.5, 0.6) is 11.5 Å².